The number of piperidine rings is 1. The summed E-state index contributed by atoms with van der Waals surface area (Å²) in [5.74, 6) is 0.949. The van der Waals surface area contributed by atoms with Gasteiger partial charge in [0.25, 0.3) is 0 Å². The first-order chi connectivity index (χ1) is 7.67. The molecule has 16 heavy (non-hydrogen) atoms. The highest BCUT2D eigenvalue weighted by molar-refractivity contribution is 4.99. The molecule has 0 radical (unpaired) electrons. The molecule has 3 rings (SSSR count). The maximum Gasteiger partial charge on any atom is 0.0249 e. The monoisotopic (exact) mass is 222 g/mol. The maximum absolute atomic E-state index is 3.86. The van der Waals surface area contributed by atoms with Crippen LogP contribution in [-0.4, -0.2) is 36.6 Å². The third-order valence-electron chi connectivity index (χ3n) is 5.20. The molecule has 0 amide bonds. The highest BCUT2D eigenvalue weighted by Crippen LogP contribution is 2.51. The van der Waals surface area contributed by atoms with Gasteiger partial charge in [-0.1, -0.05) is 20.3 Å². The molecule has 1 N–H and O–H groups in total. The van der Waals surface area contributed by atoms with Crippen molar-refractivity contribution in [3.05, 3.63) is 0 Å². The van der Waals surface area contributed by atoms with Gasteiger partial charge in [-0.2, -0.15) is 0 Å². The second kappa shape index (κ2) is 3.99. The Labute approximate surface area is 99.8 Å². The van der Waals surface area contributed by atoms with Gasteiger partial charge in [0.2, 0.25) is 0 Å². The molecule has 3 fully saturated rings. The van der Waals surface area contributed by atoms with Gasteiger partial charge in [0.05, 0.1) is 0 Å². The smallest absolute Gasteiger partial charge is 0.0249 e. The van der Waals surface area contributed by atoms with Crippen molar-refractivity contribution in [3.63, 3.8) is 0 Å². The first-order valence-electron chi connectivity index (χ1n) is 7.14. The summed E-state index contributed by atoms with van der Waals surface area (Å²) in [5.41, 5.74) is 0.637. The van der Waals surface area contributed by atoms with E-state index in [9.17, 15) is 0 Å². The molecule has 92 valence electrons. The molecule has 0 bridgehead atoms. The van der Waals surface area contributed by atoms with Crippen molar-refractivity contribution in [2.45, 2.75) is 58.0 Å². The highest BCUT2D eigenvalue weighted by atomic mass is 15.2. The van der Waals surface area contributed by atoms with Crippen molar-refractivity contribution in [1.82, 2.24) is 10.2 Å². The van der Waals surface area contributed by atoms with Crippen molar-refractivity contribution >= 4 is 0 Å². The molecule has 2 heteroatoms. The zero-order valence-electron chi connectivity index (χ0n) is 10.8. The van der Waals surface area contributed by atoms with Gasteiger partial charge in [-0.3, -0.25) is 4.90 Å². The predicted octanol–water partition coefficient (Wildman–Crippen LogP) is 2.25. The Hall–Kier alpha value is -0.0800. The molecular weight excluding hydrogens is 196 g/mol. The third-order valence-corrected chi connectivity index (χ3v) is 5.20. The number of hydrogen-bond acceptors (Lipinski definition) is 2. The average molecular weight is 222 g/mol. The van der Waals surface area contributed by atoms with Gasteiger partial charge in [-0.25, -0.2) is 0 Å². The molecule has 1 aliphatic carbocycles. The van der Waals surface area contributed by atoms with Gasteiger partial charge in [-0.05, 0) is 50.1 Å². The van der Waals surface area contributed by atoms with E-state index < -0.39 is 0 Å². The second-order valence-electron chi connectivity index (χ2n) is 6.79. The van der Waals surface area contributed by atoms with E-state index in [0.717, 1.165) is 18.0 Å². The van der Waals surface area contributed by atoms with E-state index in [0.29, 0.717) is 5.41 Å². The first-order valence-corrected chi connectivity index (χ1v) is 7.14. The molecule has 2 saturated heterocycles. The van der Waals surface area contributed by atoms with Gasteiger partial charge < -0.3 is 5.32 Å². The Bertz CT molecular complexity index is 261. The fourth-order valence-electron chi connectivity index (χ4n) is 3.70. The summed E-state index contributed by atoms with van der Waals surface area (Å²) in [6, 6.07) is 1.67. The zero-order valence-corrected chi connectivity index (χ0v) is 10.8. The van der Waals surface area contributed by atoms with Crippen LogP contribution in [0.3, 0.4) is 0 Å². The van der Waals surface area contributed by atoms with Crippen molar-refractivity contribution in [2.75, 3.05) is 19.6 Å². The van der Waals surface area contributed by atoms with Crippen molar-refractivity contribution < 1.29 is 0 Å². The molecule has 2 heterocycles. The lowest BCUT2D eigenvalue weighted by atomic mass is 9.99. The lowest BCUT2D eigenvalue weighted by molar-refractivity contribution is 0.180. The number of nitrogens with one attached hydrogen (secondary N) is 1. The van der Waals surface area contributed by atoms with Crippen LogP contribution in [0.5, 0.6) is 0 Å². The van der Waals surface area contributed by atoms with E-state index in [1.807, 2.05) is 0 Å². The minimum atomic E-state index is 0.637. The van der Waals surface area contributed by atoms with Gasteiger partial charge in [0.15, 0.2) is 0 Å². The summed E-state index contributed by atoms with van der Waals surface area (Å²) in [4.78, 5) is 2.72. The number of nitrogens with zero attached hydrogens (tertiary/aromatic N) is 1. The topological polar surface area (TPSA) is 15.3 Å². The highest BCUT2D eigenvalue weighted by Gasteiger charge is 2.46. The fourth-order valence-corrected chi connectivity index (χ4v) is 3.70. The summed E-state index contributed by atoms with van der Waals surface area (Å²) in [5, 5.41) is 3.86. The van der Waals surface area contributed by atoms with E-state index in [1.54, 1.807) is 0 Å². The molecule has 2 nitrogen and oxygen atoms in total. The molecule has 0 aromatic heterocycles. The molecule has 3 unspecified atom stereocenters. The third kappa shape index (κ3) is 2.02. The van der Waals surface area contributed by atoms with Crippen LogP contribution in [-0.2, 0) is 0 Å². The van der Waals surface area contributed by atoms with Crippen LogP contribution in [0.4, 0.5) is 0 Å². The largest absolute Gasteiger partial charge is 0.312 e. The Morgan fingerprint density at radius 2 is 2.00 bits per heavy atom. The maximum atomic E-state index is 3.86. The average Bonchev–Trinajstić information content (AvgIpc) is 2.73. The van der Waals surface area contributed by atoms with Crippen LogP contribution in [0.25, 0.3) is 0 Å². The van der Waals surface area contributed by atoms with Gasteiger partial charge >= 0.3 is 0 Å². The zero-order chi connectivity index (χ0) is 11.2. The van der Waals surface area contributed by atoms with E-state index >= 15 is 0 Å². The lowest BCUT2D eigenvalue weighted by Crippen LogP contribution is -2.45. The van der Waals surface area contributed by atoms with Crippen LogP contribution < -0.4 is 5.32 Å². The number of hydrogen-bond donors (Lipinski definition) is 1. The summed E-state index contributed by atoms with van der Waals surface area (Å²) < 4.78 is 0. The van der Waals surface area contributed by atoms with Crippen LogP contribution >= 0.6 is 0 Å². The summed E-state index contributed by atoms with van der Waals surface area (Å²) >= 11 is 0. The number of fused-ring (bicyclic) bond motifs is 1. The van der Waals surface area contributed by atoms with Gasteiger partial charge in [-0.15, -0.1) is 0 Å². The lowest BCUT2D eigenvalue weighted by Gasteiger charge is -2.32. The molecule has 0 spiro atoms. The Balaban J connectivity index is 1.48. The summed E-state index contributed by atoms with van der Waals surface area (Å²) in [7, 11) is 0. The molecule has 3 aliphatic rings. The minimum Gasteiger partial charge on any atom is -0.312 e. The van der Waals surface area contributed by atoms with Gasteiger partial charge in [0.1, 0.15) is 0 Å². The fraction of sp³-hybridized carbons (Fsp3) is 1.00. The van der Waals surface area contributed by atoms with Crippen LogP contribution in [0, 0.1) is 11.3 Å². The van der Waals surface area contributed by atoms with E-state index in [-0.39, 0.29) is 0 Å². The normalized spacial score (nSPS) is 42.0. The van der Waals surface area contributed by atoms with Crippen LogP contribution in [0.15, 0.2) is 0 Å². The molecule has 0 aromatic carbocycles. The first kappa shape index (κ1) is 11.0. The predicted molar refractivity (Wildman–Crippen MR) is 67.5 cm³/mol. The van der Waals surface area contributed by atoms with Crippen LogP contribution in [0.1, 0.15) is 46.0 Å². The van der Waals surface area contributed by atoms with Crippen LogP contribution in [0.2, 0.25) is 0 Å². The summed E-state index contributed by atoms with van der Waals surface area (Å²) in [6.07, 6.45) is 7.14. The van der Waals surface area contributed by atoms with Crippen molar-refractivity contribution in [1.29, 1.82) is 0 Å². The quantitative estimate of drug-likeness (QED) is 0.788. The van der Waals surface area contributed by atoms with E-state index in [4.69, 9.17) is 0 Å². The standard InChI is InChI=1S/C14H26N2/c1-14(2)9-11(14)10-15-12-6-8-16-7-4-3-5-13(12)16/h11-13,15H,3-10H2,1-2H3. The Morgan fingerprint density at radius 1 is 1.19 bits per heavy atom. The molecule has 1 saturated carbocycles. The second-order valence-corrected chi connectivity index (χ2v) is 6.79. The van der Waals surface area contributed by atoms with Crippen molar-refractivity contribution in [3.8, 4) is 0 Å². The number of rotatable bonds is 3. The Morgan fingerprint density at radius 3 is 2.75 bits per heavy atom. The van der Waals surface area contributed by atoms with E-state index in [2.05, 4.69) is 24.1 Å². The summed E-state index contributed by atoms with van der Waals surface area (Å²) in [6.45, 7) is 8.78. The molecular formula is C14H26N2. The van der Waals surface area contributed by atoms with E-state index in [1.165, 1.54) is 51.7 Å². The molecule has 3 atom stereocenters. The van der Waals surface area contributed by atoms with Crippen molar-refractivity contribution in [2.24, 2.45) is 11.3 Å². The minimum absolute atomic E-state index is 0.637. The van der Waals surface area contributed by atoms with Gasteiger partial charge in [0, 0.05) is 18.6 Å². The molecule has 2 aliphatic heterocycles. The SMILES string of the molecule is CC1(C)CC1CNC1CCN2CCCCC12. The Kier molecular flexibility index (Phi) is 2.75. The molecule has 0 aromatic rings.